The van der Waals surface area contributed by atoms with Crippen molar-refractivity contribution in [1.82, 2.24) is 4.98 Å². The molecule has 0 N–H and O–H groups in total. The zero-order chi connectivity index (χ0) is 32.9. The van der Waals surface area contributed by atoms with Gasteiger partial charge in [0.15, 0.2) is 0 Å². The Morgan fingerprint density at radius 2 is 0.780 bits per heavy atom. The van der Waals surface area contributed by atoms with Crippen LogP contribution in [0, 0.1) is 0 Å². The summed E-state index contributed by atoms with van der Waals surface area (Å²) in [5.41, 5.74) is 20.2. The van der Waals surface area contributed by atoms with Crippen molar-refractivity contribution in [3.8, 4) is 44.5 Å². The molecule has 3 aliphatic carbocycles. The van der Waals surface area contributed by atoms with Crippen LogP contribution in [0.2, 0.25) is 0 Å². The fourth-order valence-corrected chi connectivity index (χ4v) is 9.82. The van der Waals surface area contributed by atoms with Crippen molar-refractivity contribution >= 4 is 0 Å². The van der Waals surface area contributed by atoms with Gasteiger partial charge in [-0.3, -0.25) is 4.98 Å². The van der Waals surface area contributed by atoms with Crippen molar-refractivity contribution in [3.05, 3.63) is 233 Å². The van der Waals surface area contributed by atoms with E-state index in [0.717, 1.165) is 0 Å². The van der Waals surface area contributed by atoms with Crippen LogP contribution in [0.4, 0.5) is 0 Å². The van der Waals surface area contributed by atoms with Crippen LogP contribution < -0.4 is 0 Å². The van der Waals surface area contributed by atoms with Gasteiger partial charge in [0.2, 0.25) is 0 Å². The summed E-state index contributed by atoms with van der Waals surface area (Å²) in [6.07, 6.45) is 3.70. The normalized spacial score (nSPS) is 18.6. The topological polar surface area (TPSA) is 12.9 Å². The van der Waals surface area contributed by atoms with Crippen LogP contribution in [0.5, 0.6) is 0 Å². The first-order valence-corrected chi connectivity index (χ1v) is 17.5. The molecular weight excluding hydrogens is 603 g/mol. The largest absolute Gasteiger partial charge is 0.265 e. The number of benzene rings is 7. The van der Waals surface area contributed by atoms with E-state index in [0.29, 0.717) is 0 Å². The Hall–Kier alpha value is -6.31. The average Bonchev–Trinajstić information content (AvgIpc) is 3.67. The smallest absolute Gasteiger partial charge is 0.0720 e. The van der Waals surface area contributed by atoms with Gasteiger partial charge in [0.05, 0.1) is 10.8 Å². The summed E-state index contributed by atoms with van der Waals surface area (Å²) >= 11 is 0. The fourth-order valence-electron chi connectivity index (χ4n) is 9.82. The monoisotopic (exact) mass is 633 g/mol. The van der Waals surface area contributed by atoms with Crippen LogP contribution in [0.1, 0.15) is 44.5 Å². The van der Waals surface area contributed by atoms with E-state index in [1.54, 1.807) is 0 Å². The molecule has 2 atom stereocenters. The Bertz CT molecular complexity index is 2640. The van der Waals surface area contributed by atoms with Gasteiger partial charge in [-0.2, -0.15) is 0 Å². The maximum Gasteiger partial charge on any atom is 0.0720 e. The van der Waals surface area contributed by atoms with Gasteiger partial charge in [-0.05, 0) is 107 Å². The van der Waals surface area contributed by atoms with Gasteiger partial charge in [0.1, 0.15) is 0 Å². The van der Waals surface area contributed by atoms with E-state index in [-0.39, 0.29) is 0 Å². The van der Waals surface area contributed by atoms with Gasteiger partial charge in [-0.15, -0.1) is 0 Å². The maximum absolute atomic E-state index is 4.19. The standard InChI is InChI=1S/C49H31N/c1-2-11-36(12-3-1)48-41-16-6-4-13-37(41)39-15-10-20-46(47(39)48)49(45-19-9-8-18-44(45)48)42-17-7-5-14-38(42)40-31-35(25-26-43(40)49)33-23-21-32(22-24-33)34-27-29-50-30-28-34/h1-31H. The van der Waals surface area contributed by atoms with Crippen molar-refractivity contribution in [1.29, 1.82) is 0 Å². The number of aromatic nitrogens is 1. The lowest BCUT2D eigenvalue weighted by Crippen LogP contribution is -2.43. The van der Waals surface area contributed by atoms with Gasteiger partial charge >= 0.3 is 0 Å². The molecule has 2 unspecified atom stereocenters. The van der Waals surface area contributed by atoms with Gasteiger partial charge in [0, 0.05) is 12.4 Å². The van der Waals surface area contributed by atoms with Crippen molar-refractivity contribution in [2.24, 2.45) is 0 Å². The summed E-state index contributed by atoms with van der Waals surface area (Å²) in [5.74, 6) is 0. The lowest BCUT2D eigenvalue weighted by Gasteiger charge is -2.48. The van der Waals surface area contributed by atoms with E-state index in [9.17, 15) is 0 Å². The van der Waals surface area contributed by atoms with Crippen LogP contribution in [0.3, 0.4) is 0 Å². The van der Waals surface area contributed by atoms with Crippen LogP contribution in [-0.4, -0.2) is 4.98 Å². The third kappa shape index (κ3) is 3.34. The molecule has 0 saturated heterocycles. The summed E-state index contributed by atoms with van der Waals surface area (Å²) in [6, 6.07) is 66.1. The second-order valence-corrected chi connectivity index (χ2v) is 13.8. The van der Waals surface area contributed by atoms with Gasteiger partial charge in [-0.25, -0.2) is 0 Å². The number of fused-ring (bicyclic) bond motifs is 12. The highest BCUT2D eigenvalue weighted by Gasteiger charge is 2.59. The Morgan fingerprint density at radius 1 is 0.300 bits per heavy atom. The summed E-state index contributed by atoms with van der Waals surface area (Å²) in [5, 5.41) is 0. The lowest BCUT2D eigenvalue weighted by atomic mass is 9.52. The van der Waals surface area contributed by atoms with E-state index < -0.39 is 10.8 Å². The van der Waals surface area contributed by atoms with Gasteiger partial charge < -0.3 is 0 Å². The molecule has 3 aliphatic rings. The average molecular weight is 634 g/mol. The summed E-state index contributed by atoms with van der Waals surface area (Å²) < 4.78 is 0. The first-order chi connectivity index (χ1) is 24.8. The van der Waals surface area contributed by atoms with Gasteiger partial charge in [0.25, 0.3) is 0 Å². The van der Waals surface area contributed by atoms with Crippen LogP contribution in [0.15, 0.2) is 188 Å². The third-order valence-electron chi connectivity index (χ3n) is 11.7. The molecule has 1 spiro atoms. The van der Waals surface area contributed by atoms with Crippen molar-refractivity contribution < 1.29 is 0 Å². The molecular formula is C49H31N. The zero-order valence-corrected chi connectivity index (χ0v) is 27.3. The second kappa shape index (κ2) is 10.1. The molecule has 0 fully saturated rings. The number of nitrogens with zero attached hydrogens (tertiary/aromatic N) is 1. The first kappa shape index (κ1) is 27.6. The Balaban J connectivity index is 1.21. The molecule has 0 bridgehead atoms. The molecule has 50 heavy (non-hydrogen) atoms. The predicted octanol–water partition coefficient (Wildman–Crippen LogP) is 11.5. The van der Waals surface area contributed by atoms with E-state index in [2.05, 4.69) is 181 Å². The highest BCUT2D eigenvalue weighted by molar-refractivity contribution is 5.96. The summed E-state index contributed by atoms with van der Waals surface area (Å²) in [7, 11) is 0. The predicted molar refractivity (Wildman–Crippen MR) is 203 cm³/mol. The molecule has 1 aromatic heterocycles. The SMILES string of the molecule is c1ccc(C23c4ccccc4-c4cccc(c42)C2(c4ccccc4-c4cc(-c5ccc(-c6ccncc6)cc5)ccc42)c2ccccc23)cc1. The van der Waals surface area contributed by atoms with Crippen LogP contribution in [0.25, 0.3) is 44.5 Å². The number of pyridine rings is 1. The molecule has 0 saturated carbocycles. The first-order valence-electron chi connectivity index (χ1n) is 17.5. The minimum atomic E-state index is -0.460. The van der Waals surface area contributed by atoms with Crippen molar-refractivity contribution in [2.75, 3.05) is 0 Å². The molecule has 7 aromatic carbocycles. The van der Waals surface area contributed by atoms with Crippen LogP contribution >= 0.6 is 0 Å². The zero-order valence-electron chi connectivity index (χ0n) is 27.3. The Kier molecular flexibility index (Phi) is 5.58. The van der Waals surface area contributed by atoms with E-state index >= 15 is 0 Å². The van der Waals surface area contributed by atoms with Crippen molar-refractivity contribution in [3.63, 3.8) is 0 Å². The Labute approximate surface area is 292 Å². The molecule has 1 heterocycles. The second-order valence-electron chi connectivity index (χ2n) is 13.8. The number of rotatable bonds is 3. The van der Waals surface area contributed by atoms with Crippen molar-refractivity contribution in [2.45, 2.75) is 10.8 Å². The highest BCUT2D eigenvalue weighted by atomic mass is 14.6. The van der Waals surface area contributed by atoms with E-state index in [1.807, 2.05) is 12.4 Å². The van der Waals surface area contributed by atoms with Gasteiger partial charge in [-0.1, -0.05) is 158 Å². The lowest BCUT2D eigenvalue weighted by molar-refractivity contribution is 0.636. The molecule has 0 radical (unpaired) electrons. The molecule has 0 amide bonds. The van der Waals surface area contributed by atoms with E-state index in [1.165, 1.54) is 89.0 Å². The highest BCUT2D eigenvalue weighted by Crippen LogP contribution is 2.68. The third-order valence-corrected chi connectivity index (χ3v) is 11.7. The van der Waals surface area contributed by atoms with Crippen LogP contribution in [-0.2, 0) is 10.8 Å². The summed E-state index contributed by atoms with van der Waals surface area (Å²) in [4.78, 5) is 4.19. The molecule has 11 rings (SSSR count). The minimum absolute atomic E-state index is 0.417. The molecule has 1 nitrogen and oxygen atoms in total. The number of hydrogen-bond donors (Lipinski definition) is 0. The molecule has 0 aliphatic heterocycles. The Morgan fingerprint density at radius 3 is 1.50 bits per heavy atom. The van der Waals surface area contributed by atoms with E-state index in [4.69, 9.17) is 0 Å². The quantitative estimate of drug-likeness (QED) is 0.189. The minimum Gasteiger partial charge on any atom is -0.265 e. The summed E-state index contributed by atoms with van der Waals surface area (Å²) in [6.45, 7) is 0. The molecule has 232 valence electrons. The fraction of sp³-hybridized carbons (Fsp3) is 0.0408. The molecule has 8 aromatic rings. The maximum atomic E-state index is 4.19. The number of hydrogen-bond acceptors (Lipinski definition) is 1. The molecule has 1 heteroatoms.